The molecule has 244 valence electrons. The summed E-state index contributed by atoms with van der Waals surface area (Å²) in [4.78, 5) is 2.34. The lowest BCUT2D eigenvalue weighted by Gasteiger charge is -2.26. The summed E-state index contributed by atoms with van der Waals surface area (Å²) >= 11 is 7.03. The van der Waals surface area contributed by atoms with Crippen molar-refractivity contribution in [1.29, 1.82) is 0 Å². The third-order valence-corrected chi connectivity index (χ3v) is 10.4. The molecule has 0 saturated heterocycles. The second kappa shape index (κ2) is 14.8. The van der Waals surface area contributed by atoms with Crippen LogP contribution in [0.1, 0.15) is 51.2 Å². The van der Waals surface area contributed by atoms with Gasteiger partial charge in [0.15, 0.2) is 12.3 Å². The summed E-state index contributed by atoms with van der Waals surface area (Å²) in [6.07, 6.45) is 11.1. The summed E-state index contributed by atoms with van der Waals surface area (Å²) in [5.74, 6) is -0.375. The molecule has 0 atom stereocenters. The molecule has 0 aromatic heterocycles. The van der Waals surface area contributed by atoms with E-state index in [-0.39, 0.29) is 12.3 Å². The lowest BCUT2D eigenvalue weighted by atomic mass is 9.94. The minimum Gasteiger partial charge on any atom is -0.345 e. The highest BCUT2D eigenvalue weighted by Gasteiger charge is 2.21. The van der Waals surface area contributed by atoms with Gasteiger partial charge in [-0.25, -0.2) is 0 Å². The van der Waals surface area contributed by atoms with Gasteiger partial charge in [0.05, 0.1) is 0 Å². The van der Waals surface area contributed by atoms with Crippen molar-refractivity contribution in [3.63, 3.8) is 0 Å². The molecule has 0 amide bonds. The molecule has 0 aliphatic heterocycles. The molecule has 1 aliphatic carbocycles. The van der Waals surface area contributed by atoms with Crippen LogP contribution in [0, 0.1) is 13.8 Å². The van der Waals surface area contributed by atoms with Crippen molar-refractivity contribution in [1.82, 2.24) is 0 Å². The van der Waals surface area contributed by atoms with E-state index in [1.54, 1.807) is 0 Å². The monoisotopic (exact) mass is 667 g/mol. The van der Waals surface area contributed by atoms with Crippen LogP contribution < -0.4 is 4.90 Å². The van der Waals surface area contributed by atoms with Crippen LogP contribution in [0.15, 0.2) is 119 Å². The smallest absolute Gasteiger partial charge is 0.271 e. The van der Waals surface area contributed by atoms with Gasteiger partial charge in [-0.15, -0.1) is 0 Å². The molecule has 5 rings (SSSR count). The average molecular weight is 668 g/mol. The van der Waals surface area contributed by atoms with Gasteiger partial charge in [0.25, 0.3) is 10.1 Å². The minimum atomic E-state index is -4.15. The van der Waals surface area contributed by atoms with Gasteiger partial charge in [0.2, 0.25) is 5.69 Å². The fraction of sp³-hybridized carbons (Fsp3) is 0.275. The molecule has 0 heterocycles. The average Bonchev–Trinajstić information content (AvgIpc) is 3.05. The van der Waals surface area contributed by atoms with Crippen molar-refractivity contribution < 1.29 is 17.5 Å². The maximum atomic E-state index is 11.8. The Bertz CT molecular complexity index is 2090. The summed E-state index contributed by atoms with van der Waals surface area (Å²) < 4.78 is 35.0. The molecular formula is C40H44ClN2O3S+. The van der Waals surface area contributed by atoms with E-state index in [4.69, 9.17) is 11.6 Å². The third-order valence-electron chi connectivity index (χ3n) is 9.17. The van der Waals surface area contributed by atoms with Gasteiger partial charge in [-0.2, -0.15) is 13.0 Å². The molecule has 4 aromatic carbocycles. The topological polar surface area (TPSA) is 60.6 Å². The van der Waals surface area contributed by atoms with Gasteiger partial charge in [0, 0.05) is 47.6 Å². The number of hydrogen-bond acceptors (Lipinski definition) is 3. The van der Waals surface area contributed by atoms with Crippen molar-refractivity contribution >= 4 is 60.4 Å². The second-order valence-corrected chi connectivity index (χ2v) is 14.2. The number of halogens is 1. The van der Waals surface area contributed by atoms with Gasteiger partial charge in [-0.1, -0.05) is 78.4 Å². The standard InChI is InChI=1S/C40H43ClN2O3S/c1-6-42(38-24-22-32-12-7-9-16-36(32)30(38)4)28(2)18-20-34-14-11-15-35(40(34)41)21-19-29(3)43(26-27-47(44,45)46)39-25-23-33-13-8-10-17-37(33)31(39)5/h7-10,12-13,16-25H,6,11,14-15,26-27H2,1-5H3/p+1. The number of nitrogens with zero attached hydrogens (tertiary/aromatic N) is 2. The number of aryl methyl sites for hydroxylation is 2. The van der Waals surface area contributed by atoms with E-state index in [2.05, 4.69) is 92.4 Å². The zero-order chi connectivity index (χ0) is 33.7. The van der Waals surface area contributed by atoms with Gasteiger partial charge in [0.1, 0.15) is 5.75 Å². The van der Waals surface area contributed by atoms with Crippen LogP contribution in [0.2, 0.25) is 0 Å². The Balaban J connectivity index is 1.45. The maximum absolute atomic E-state index is 11.8. The molecule has 4 aromatic rings. The van der Waals surface area contributed by atoms with E-state index in [0.717, 1.165) is 75.4 Å². The third kappa shape index (κ3) is 7.95. The van der Waals surface area contributed by atoms with E-state index in [0.29, 0.717) is 0 Å². The Kier molecular flexibility index (Phi) is 10.9. The summed E-state index contributed by atoms with van der Waals surface area (Å²) in [5, 5.41) is 5.50. The van der Waals surface area contributed by atoms with Crippen LogP contribution >= 0.6 is 11.6 Å². The Hall–Kier alpha value is -3.97. The fourth-order valence-corrected chi connectivity index (χ4v) is 7.28. The fourth-order valence-electron chi connectivity index (χ4n) is 6.55. The predicted octanol–water partition coefficient (Wildman–Crippen LogP) is 10.2. The molecule has 5 nitrogen and oxygen atoms in total. The zero-order valence-corrected chi connectivity index (χ0v) is 29.5. The second-order valence-electron chi connectivity index (χ2n) is 12.2. The lowest BCUT2D eigenvalue weighted by Crippen LogP contribution is -2.22. The maximum Gasteiger partial charge on any atom is 0.271 e. The van der Waals surface area contributed by atoms with Crippen LogP contribution in [0.25, 0.3) is 21.5 Å². The Morgan fingerprint density at radius 2 is 1.55 bits per heavy atom. The Labute approximate surface area is 284 Å². The molecule has 47 heavy (non-hydrogen) atoms. The van der Waals surface area contributed by atoms with Crippen molar-refractivity contribution in [2.24, 2.45) is 0 Å². The van der Waals surface area contributed by atoms with Crippen LogP contribution in [0.4, 0.5) is 11.4 Å². The molecule has 1 aliphatic rings. The summed E-state index contributed by atoms with van der Waals surface area (Å²) in [6.45, 7) is 11.5. The van der Waals surface area contributed by atoms with Crippen molar-refractivity contribution in [3.05, 3.63) is 130 Å². The Morgan fingerprint density at radius 1 is 0.915 bits per heavy atom. The number of anilines is 1. The lowest BCUT2D eigenvalue weighted by molar-refractivity contribution is -0.435. The first-order valence-corrected chi connectivity index (χ1v) is 18.2. The highest BCUT2D eigenvalue weighted by Crippen LogP contribution is 2.35. The molecule has 0 saturated carbocycles. The van der Waals surface area contributed by atoms with Gasteiger partial charge in [-0.05, 0) is 103 Å². The van der Waals surface area contributed by atoms with Crippen LogP contribution in [-0.2, 0) is 10.1 Å². The van der Waals surface area contributed by atoms with Crippen molar-refractivity contribution in [3.8, 4) is 0 Å². The minimum absolute atomic E-state index is 0.126. The van der Waals surface area contributed by atoms with Crippen LogP contribution in [0.3, 0.4) is 0 Å². The molecule has 0 radical (unpaired) electrons. The molecule has 0 bridgehead atoms. The summed E-state index contributed by atoms with van der Waals surface area (Å²) in [5.41, 5.74) is 8.60. The van der Waals surface area contributed by atoms with Crippen molar-refractivity contribution in [2.45, 2.75) is 53.9 Å². The summed E-state index contributed by atoms with van der Waals surface area (Å²) in [7, 11) is -4.15. The highest BCUT2D eigenvalue weighted by atomic mass is 35.5. The highest BCUT2D eigenvalue weighted by molar-refractivity contribution is 7.85. The molecule has 7 heteroatoms. The van der Waals surface area contributed by atoms with E-state index in [1.807, 2.05) is 48.8 Å². The molecular weight excluding hydrogens is 624 g/mol. The molecule has 0 fully saturated rings. The first-order valence-electron chi connectivity index (χ1n) is 16.2. The largest absolute Gasteiger partial charge is 0.345 e. The first-order chi connectivity index (χ1) is 22.5. The van der Waals surface area contributed by atoms with E-state index in [1.165, 1.54) is 22.0 Å². The zero-order valence-electron chi connectivity index (χ0n) is 27.9. The number of hydrogen-bond donors (Lipinski definition) is 1. The van der Waals surface area contributed by atoms with E-state index in [9.17, 15) is 13.0 Å². The number of allylic oxidation sites excluding steroid dienone is 8. The van der Waals surface area contributed by atoms with Gasteiger partial charge in [-0.3, -0.25) is 4.55 Å². The number of benzene rings is 4. The van der Waals surface area contributed by atoms with Crippen LogP contribution in [0.5, 0.6) is 0 Å². The van der Waals surface area contributed by atoms with E-state index >= 15 is 0 Å². The Morgan fingerprint density at radius 3 is 2.21 bits per heavy atom. The van der Waals surface area contributed by atoms with Gasteiger partial charge >= 0.3 is 0 Å². The molecule has 0 spiro atoms. The van der Waals surface area contributed by atoms with Gasteiger partial charge < -0.3 is 4.90 Å². The molecule has 0 unspecified atom stereocenters. The number of rotatable bonds is 10. The van der Waals surface area contributed by atoms with Crippen LogP contribution in [-0.4, -0.2) is 42.1 Å². The predicted molar refractivity (Wildman–Crippen MR) is 200 cm³/mol. The first kappa shape index (κ1) is 34.4. The quantitative estimate of drug-likeness (QED) is 0.104. The number of fused-ring (bicyclic) bond motifs is 2. The summed E-state index contributed by atoms with van der Waals surface area (Å²) in [6, 6.07) is 25.1. The normalized spacial score (nSPS) is 16.1. The SMILES string of the molecule is CCN(C(C)=CC=C1CCCC(C=CC(C)=[N+](CCS(=O)(=O)O)c2ccc3ccccc3c2C)=C1Cl)c1ccc2ccccc2c1C. The van der Waals surface area contributed by atoms with E-state index < -0.39 is 10.1 Å². The van der Waals surface area contributed by atoms with Crippen molar-refractivity contribution in [2.75, 3.05) is 23.7 Å². The molecule has 1 N–H and O–H groups in total.